The molecule has 0 atom stereocenters. The molecule has 0 heterocycles. The molecule has 19 heavy (non-hydrogen) atoms. The Morgan fingerprint density at radius 2 is 1.74 bits per heavy atom. The molecule has 2 fully saturated rings. The van der Waals surface area contributed by atoms with Crippen molar-refractivity contribution in [1.82, 2.24) is 0 Å². The number of hydrogen-bond donors (Lipinski definition) is 1. The van der Waals surface area contributed by atoms with Crippen LogP contribution < -0.4 is 10.6 Å². The van der Waals surface area contributed by atoms with Crippen LogP contribution in [0.3, 0.4) is 0 Å². The highest BCUT2D eigenvalue weighted by Crippen LogP contribution is 2.37. The molecule has 0 amide bonds. The zero-order valence-corrected chi connectivity index (χ0v) is 13.0. The monoisotopic (exact) mass is 322 g/mol. The number of nitrogens with zero attached hydrogens (tertiary/aromatic N) is 1. The number of halogens is 1. The second kappa shape index (κ2) is 5.84. The summed E-state index contributed by atoms with van der Waals surface area (Å²) < 4.78 is 1.16. The molecule has 1 aromatic rings. The molecule has 0 bridgehead atoms. The number of nitrogens with two attached hydrogens (primary N) is 1. The first-order valence-corrected chi connectivity index (χ1v) is 8.29. The highest BCUT2D eigenvalue weighted by molar-refractivity contribution is 9.10. The van der Waals surface area contributed by atoms with Gasteiger partial charge in [0.25, 0.3) is 0 Å². The van der Waals surface area contributed by atoms with Crippen LogP contribution in [0.1, 0.15) is 31.2 Å². The molecule has 3 heteroatoms. The Kier molecular flexibility index (Phi) is 4.13. The van der Waals surface area contributed by atoms with Gasteiger partial charge in [-0.3, -0.25) is 0 Å². The van der Waals surface area contributed by atoms with Gasteiger partial charge in [-0.05, 0) is 74.2 Å². The van der Waals surface area contributed by atoms with Crippen LogP contribution >= 0.6 is 15.9 Å². The maximum absolute atomic E-state index is 5.77. The third-order valence-electron chi connectivity index (χ3n) is 4.15. The van der Waals surface area contributed by atoms with Gasteiger partial charge in [-0.2, -0.15) is 0 Å². The number of hydrogen-bond acceptors (Lipinski definition) is 2. The van der Waals surface area contributed by atoms with Crippen LogP contribution in [0.5, 0.6) is 0 Å². The van der Waals surface area contributed by atoms with Crippen molar-refractivity contribution in [2.75, 3.05) is 24.5 Å². The second-order valence-electron chi connectivity index (χ2n) is 6.10. The Labute approximate surface area is 124 Å². The van der Waals surface area contributed by atoms with Crippen molar-refractivity contribution in [3.8, 4) is 0 Å². The Hall–Kier alpha value is -0.540. The molecule has 2 aliphatic carbocycles. The van der Waals surface area contributed by atoms with Crippen LogP contribution in [0.15, 0.2) is 22.7 Å². The van der Waals surface area contributed by atoms with Crippen LogP contribution in [-0.4, -0.2) is 19.6 Å². The fourth-order valence-electron chi connectivity index (χ4n) is 2.71. The summed E-state index contributed by atoms with van der Waals surface area (Å²) in [4.78, 5) is 2.63. The minimum absolute atomic E-state index is 0.726. The van der Waals surface area contributed by atoms with Gasteiger partial charge in [0, 0.05) is 23.2 Å². The van der Waals surface area contributed by atoms with Crippen LogP contribution in [0, 0.1) is 11.8 Å². The number of anilines is 1. The van der Waals surface area contributed by atoms with Gasteiger partial charge in [0.1, 0.15) is 0 Å². The van der Waals surface area contributed by atoms with E-state index >= 15 is 0 Å². The molecular weight excluding hydrogens is 300 g/mol. The van der Waals surface area contributed by atoms with E-state index in [0.717, 1.165) is 29.3 Å². The van der Waals surface area contributed by atoms with Crippen molar-refractivity contribution < 1.29 is 0 Å². The summed E-state index contributed by atoms with van der Waals surface area (Å²) in [6.07, 6.45) is 6.66. The van der Waals surface area contributed by atoms with Crippen molar-refractivity contribution in [2.24, 2.45) is 17.6 Å². The highest BCUT2D eigenvalue weighted by Gasteiger charge is 2.30. The standard InChI is InChI=1S/C16H23BrN2/c17-15-5-6-16(14(9-15)7-8-18)19(10-12-1-2-12)11-13-3-4-13/h5-6,9,12-13H,1-4,7-8,10-11,18H2. The van der Waals surface area contributed by atoms with Crippen molar-refractivity contribution in [3.05, 3.63) is 28.2 Å². The average Bonchev–Trinajstić information content (AvgIpc) is 3.24. The van der Waals surface area contributed by atoms with Gasteiger partial charge in [-0.1, -0.05) is 15.9 Å². The van der Waals surface area contributed by atoms with Crippen molar-refractivity contribution in [3.63, 3.8) is 0 Å². The Morgan fingerprint density at radius 1 is 1.11 bits per heavy atom. The smallest absolute Gasteiger partial charge is 0.0400 e. The lowest BCUT2D eigenvalue weighted by Gasteiger charge is -2.27. The molecule has 0 aromatic heterocycles. The maximum Gasteiger partial charge on any atom is 0.0400 e. The molecule has 2 N–H and O–H groups in total. The molecule has 104 valence electrons. The predicted molar refractivity (Wildman–Crippen MR) is 84.6 cm³/mol. The van der Waals surface area contributed by atoms with Gasteiger partial charge in [0.2, 0.25) is 0 Å². The van der Waals surface area contributed by atoms with Gasteiger partial charge in [-0.25, -0.2) is 0 Å². The summed E-state index contributed by atoms with van der Waals surface area (Å²) >= 11 is 3.58. The maximum atomic E-state index is 5.77. The Bertz CT molecular complexity index is 424. The summed E-state index contributed by atoms with van der Waals surface area (Å²) in [5.74, 6) is 1.88. The van der Waals surface area contributed by atoms with Crippen LogP contribution in [0.25, 0.3) is 0 Å². The average molecular weight is 323 g/mol. The summed E-state index contributed by atoms with van der Waals surface area (Å²) in [6, 6.07) is 6.69. The van der Waals surface area contributed by atoms with E-state index in [1.807, 2.05) is 0 Å². The van der Waals surface area contributed by atoms with E-state index in [-0.39, 0.29) is 0 Å². The van der Waals surface area contributed by atoms with E-state index < -0.39 is 0 Å². The molecule has 0 saturated heterocycles. The highest BCUT2D eigenvalue weighted by atomic mass is 79.9. The lowest BCUT2D eigenvalue weighted by atomic mass is 10.1. The van der Waals surface area contributed by atoms with Crippen LogP contribution in [0.2, 0.25) is 0 Å². The quantitative estimate of drug-likeness (QED) is 0.831. The number of rotatable bonds is 7. The zero-order valence-electron chi connectivity index (χ0n) is 11.4. The first-order chi connectivity index (χ1) is 9.26. The molecule has 0 unspecified atom stereocenters. The summed E-state index contributed by atoms with van der Waals surface area (Å²) in [6.45, 7) is 3.22. The van der Waals surface area contributed by atoms with Gasteiger partial charge in [0.15, 0.2) is 0 Å². The second-order valence-corrected chi connectivity index (χ2v) is 7.02. The fraction of sp³-hybridized carbons (Fsp3) is 0.625. The molecule has 3 rings (SSSR count). The summed E-state index contributed by atoms with van der Waals surface area (Å²) in [5, 5.41) is 0. The third-order valence-corrected chi connectivity index (χ3v) is 4.64. The van der Waals surface area contributed by atoms with Gasteiger partial charge >= 0.3 is 0 Å². The molecule has 0 aliphatic heterocycles. The van der Waals surface area contributed by atoms with E-state index in [2.05, 4.69) is 39.0 Å². The lowest BCUT2D eigenvalue weighted by Crippen LogP contribution is -2.29. The third kappa shape index (κ3) is 3.73. The summed E-state index contributed by atoms with van der Waals surface area (Å²) in [5.41, 5.74) is 8.60. The van der Waals surface area contributed by atoms with E-state index in [4.69, 9.17) is 5.73 Å². The lowest BCUT2D eigenvalue weighted by molar-refractivity contribution is 0.676. The molecule has 2 aliphatic rings. The van der Waals surface area contributed by atoms with Crippen molar-refractivity contribution >= 4 is 21.6 Å². The first-order valence-electron chi connectivity index (χ1n) is 7.49. The fourth-order valence-corrected chi connectivity index (χ4v) is 3.12. The normalized spacial score (nSPS) is 18.6. The molecular formula is C16H23BrN2. The van der Waals surface area contributed by atoms with Crippen molar-refractivity contribution in [1.29, 1.82) is 0 Å². The van der Waals surface area contributed by atoms with E-state index in [1.54, 1.807) is 0 Å². The largest absolute Gasteiger partial charge is 0.371 e. The molecule has 0 radical (unpaired) electrons. The van der Waals surface area contributed by atoms with Crippen LogP contribution in [0.4, 0.5) is 5.69 Å². The van der Waals surface area contributed by atoms with E-state index in [9.17, 15) is 0 Å². The first kappa shape index (κ1) is 13.4. The van der Waals surface area contributed by atoms with E-state index in [1.165, 1.54) is 50.0 Å². The topological polar surface area (TPSA) is 29.3 Å². The zero-order chi connectivity index (χ0) is 13.2. The number of benzene rings is 1. The Morgan fingerprint density at radius 3 is 2.26 bits per heavy atom. The minimum Gasteiger partial charge on any atom is -0.371 e. The van der Waals surface area contributed by atoms with Gasteiger partial charge in [-0.15, -0.1) is 0 Å². The molecule has 0 spiro atoms. The van der Waals surface area contributed by atoms with Crippen LogP contribution in [-0.2, 0) is 6.42 Å². The molecule has 2 nitrogen and oxygen atoms in total. The summed E-state index contributed by atoms with van der Waals surface area (Å²) in [7, 11) is 0. The Balaban J connectivity index is 1.81. The molecule has 2 saturated carbocycles. The van der Waals surface area contributed by atoms with E-state index in [0.29, 0.717) is 0 Å². The van der Waals surface area contributed by atoms with Crippen molar-refractivity contribution in [2.45, 2.75) is 32.1 Å². The van der Waals surface area contributed by atoms with Gasteiger partial charge < -0.3 is 10.6 Å². The predicted octanol–water partition coefficient (Wildman–Crippen LogP) is 3.58. The molecule has 1 aromatic carbocycles. The minimum atomic E-state index is 0.726. The van der Waals surface area contributed by atoms with Gasteiger partial charge in [0.05, 0.1) is 0 Å². The SMILES string of the molecule is NCCc1cc(Br)ccc1N(CC1CC1)CC1CC1.